The van der Waals surface area contributed by atoms with Crippen LogP contribution in [0.2, 0.25) is 0 Å². The summed E-state index contributed by atoms with van der Waals surface area (Å²) in [5, 5.41) is 6.09. The Balaban J connectivity index is 1.83. The van der Waals surface area contributed by atoms with E-state index in [9.17, 15) is 9.59 Å². The SMILES string of the molecule is Cc1ccccc1C(=O)Nc1nc2c(s1)C(=O)NCCC2. The largest absolute Gasteiger partial charge is 0.351 e. The fourth-order valence-corrected chi connectivity index (χ4v) is 3.21. The van der Waals surface area contributed by atoms with Crippen molar-refractivity contribution in [3.05, 3.63) is 46.0 Å². The maximum atomic E-state index is 12.3. The summed E-state index contributed by atoms with van der Waals surface area (Å²) in [5.74, 6) is -0.297. The summed E-state index contributed by atoms with van der Waals surface area (Å²) >= 11 is 1.23. The third-order valence-corrected chi connectivity index (χ3v) is 4.40. The Morgan fingerprint density at radius 2 is 2.19 bits per heavy atom. The molecule has 5 nitrogen and oxygen atoms in total. The summed E-state index contributed by atoms with van der Waals surface area (Å²) in [6.45, 7) is 2.56. The Kier molecular flexibility index (Phi) is 3.70. The van der Waals surface area contributed by atoms with E-state index in [4.69, 9.17) is 0 Å². The molecule has 0 unspecified atom stereocenters. The van der Waals surface area contributed by atoms with Crippen molar-refractivity contribution < 1.29 is 9.59 Å². The number of thiazole rings is 1. The Morgan fingerprint density at radius 1 is 1.38 bits per heavy atom. The maximum Gasteiger partial charge on any atom is 0.263 e. The molecule has 1 aliphatic rings. The van der Waals surface area contributed by atoms with Gasteiger partial charge < -0.3 is 5.32 Å². The first-order valence-electron chi connectivity index (χ1n) is 6.80. The minimum atomic E-state index is -0.197. The van der Waals surface area contributed by atoms with Gasteiger partial charge in [0.1, 0.15) is 4.88 Å². The van der Waals surface area contributed by atoms with Gasteiger partial charge >= 0.3 is 0 Å². The molecular weight excluding hydrogens is 286 g/mol. The molecule has 21 heavy (non-hydrogen) atoms. The van der Waals surface area contributed by atoms with Gasteiger partial charge in [0.05, 0.1) is 5.69 Å². The number of aryl methyl sites for hydroxylation is 2. The summed E-state index contributed by atoms with van der Waals surface area (Å²) in [6, 6.07) is 7.38. The molecule has 0 aliphatic carbocycles. The van der Waals surface area contributed by atoms with Crippen LogP contribution in [0.3, 0.4) is 0 Å². The Morgan fingerprint density at radius 3 is 3.00 bits per heavy atom. The van der Waals surface area contributed by atoms with Crippen molar-refractivity contribution in [2.24, 2.45) is 0 Å². The summed E-state index contributed by atoms with van der Waals surface area (Å²) in [5.41, 5.74) is 2.30. The third-order valence-electron chi connectivity index (χ3n) is 3.39. The molecule has 3 rings (SSSR count). The van der Waals surface area contributed by atoms with Crippen LogP contribution in [0, 0.1) is 6.92 Å². The lowest BCUT2D eigenvalue weighted by molar-refractivity contribution is 0.0958. The number of rotatable bonds is 2. The van der Waals surface area contributed by atoms with Crippen LogP contribution in [0.25, 0.3) is 0 Å². The molecule has 0 atom stereocenters. The highest BCUT2D eigenvalue weighted by Crippen LogP contribution is 2.26. The Bertz CT molecular complexity index is 709. The van der Waals surface area contributed by atoms with Gasteiger partial charge in [-0.2, -0.15) is 0 Å². The highest BCUT2D eigenvalue weighted by molar-refractivity contribution is 7.17. The topological polar surface area (TPSA) is 71.1 Å². The second-order valence-corrected chi connectivity index (χ2v) is 5.92. The minimum Gasteiger partial charge on any atom is -0.351 e. The molecule has 0 saturated heterocycles. The number of carbonyl (C=O) groups is 2. The molecule has 0 radical (unpaired) electrons. The highest BCUT2D eigenvalue weighted by Gasteiger charge is 2.21. The van der Waals surface area contributed by atoms with Crippen LogP contribution in [0.5, 0.6) is 0 Å². The molecule has 0 spiro atoms. The second-order valence-electron chi connectivity index (χ2n) is 4.92. The molecule has 1 aliphatic heterocycles. The number of anilines is 1. The molecule has 2 amide bonds. The zero-order valence-electron chi connectivity index (χ0n) is 11.6. The normalized spacial score (nSPS) is 14.0. The van der Waals surface area contributed by atoms with E-state index in [1.807, 2.05) is 25.1 Å². The van der Waals surface area contributed by atoms with Crippen LogP contribution in [-0.4, -0.2) is 23.3 Å². The quantitative estimate of drug-likeness (QED) is 0.894. The van der Waals surface area contributed by atoms with Crippen LogP contribution in [-0.2, 0) is 6.42 Å². The second kappa shape index (κ2) is 5.65. The Labute approximate surface area is 126 Å². The third kappa shape index (κ3) is 2.80. The van der Waals surface area contributed by atoms with Crippen molar-refractivity contribution in [3.8, 4) is 0 Å². The van der Waals surface area contributed by atoms with Crippen LogP contribution >= 0.6 is 11.3 Å². The standard InChI is InChI=1S/C15H15N3O2S/c1-9-5-2-3-6-10(9)13(19)18-15-17-11-7-4-8-16-14(20)12(11)21-15/h2-3,5-6H,4,7-8H2,1H3,(H,16,20)(H,17,18,19). The lowest BCUT2D eigenvalue weighted by atomic mass is 10.1. The number of benzene rings is 1. The van der Waals surface area contributed by atoms with Gasteiger partial charge in [-0.15, -0.1) is 0 Å². The van der Waals surface area contributed by atoms with Gasteiger partial charge in [0.15, 0.2) is 5.13 Å². The highest BCUT2D eigenvalue weighted by atomic mass is 32.1. The predicted octanol–water partition coefficient (Wildman–Crippen LogP) is 2.38. The van der Waals surface area contributed by atoms with Crippen LogP contribution in [0.1, 0.15) is 37.7 Å². The number of amides is 2. The van der Waals surface area contributed by atoms with Crippen LogP contribution in [0.4, 0.5) is 5.13 Å². The van der Waals surface area contributed by atoms with E-state index < -0.39 is 0 Å². The first-order chi connectivity index (χ1) is 10.1. The zero-order chi connectivity index (χ0) is 14.8. The van der Waals surface area contributed by atoms with Gasteiger partial charge in [-0.3, -0.25) is 14.9 Å². The maximum absolute atomic E-state index is 12.3. The van der Waals surface area contributed by atoms with Gasteiger partial charge in [-0.25, -0.2) is 4.98 Å². The number of carbonyl (C=O) groups excluding carboxylic acids is 2. The van der Waals surface area contributed by atoms with Crippen molar-refractivity contribution in [2.75, 3.05) is 11.9 Å². The zero-order valence-corrected chi connectivity index (χ0v) is 12.4. The molecule has 2 N–H and O–H groups in total. The molecule has 1 aromatic carbocycles. The van der Waals surface area contributed by atoms with Crippen LogP contribution < -0.4 is 10.6 Å². The molecule has 6 heteroatoms. The number of hydrogen-bond acceptors (Lipinski definition) is 4. The number of fused-ring (bicyclic) bond motifs is 1. The van der Waals surface area contributed by atoms with E-state index in [2.05, 4.69) is 15.6 Å². The van der Waals surface area contributed by atoms with Gasteiger partial charge in [0.2, 0.25) is 0 Å². The van der Waals surface area contributed by atoms with Crippen molar-refractivity contribution >= 4 is 28.3 Å². The average molecular weight is 301 g/mol. The smallest absolute Gasteiger partial charge is 0.263 e. The fraction of sp³-hybridized carbons (Fsp3) is 0.267. The first kappa shape index (κ1) is 13.8. The van der Waals surface area contributed by atoms with E-state index in [-0.39, 0.29) is 11.8 Å². The summed E-state index contributed by atoms with van der Waals surface area (Å²) in [6.07, 6.45) is 1.62. The Hall–Kier alpha value is -2.21. The van der Waals surface area contributed by atoms with Gasteiger partial charge in [-0.1, -0.05) is 29.5 Å². The first-order valence-corrected chi connectivity index (χ1v) is 7.61. The van der Waals surface area contributed by atoms with E-state index in [0.717, 1.165) is 24.1 Å². The number of aromatic nitrogens is 1. The van der Waals surface area contributed by atoms with E-state index in [0.29, 0.717) is 22.1 Å². The molecule has 0 fully saturated rings. The lowest BCUT2D eigenvalue weighted by Gasteiger charge is -2.04. The van der Waals surface area contributed by atoms with E-state index in [1.165, 1.54) is 11.3 Å². The summed E-state index contributed by atoms with van der Waals surface area (Å²) in [7, 11) is 0. The van der Waals surface area contributed by atoms with Gasteiger partial charge in [0.25, 0.3) is 11.8 Å². The number of hydrogen-bond donors (Lipinski definition) is 2. The summed E-state index contributed by atoms with van der Waals surface area (Å²) in [4.78, 5) is 29.1. The monoisotopic (exact) mass is 301 g/mol. The molecule has 108 valence electrons. The van der Waals surface area contributed by atoms with E-state index in [1.54, 1.807) is 6.07 Å². The van der Waals surface area contributed by atoms with Gasteiger partial charge in [0, 0.05) is 12.1 Å². The van der Waals surface area contributed by atoms with Crippen LogP contribution in [0.15, 0.2) is 24.3 Å². The fourth-order valence-electron chi connectivity index (χ4n) is 2.28. The van der Waals surface area contributed by atoms with Crippen molar-refractivity contribution in [3.63, 3.8) is 0 Å². The molecule has 0 bridgehead atoms. The van der Waals surface area contributed by atoms with Crippen molar-refractivity contribution in [1.29, 1.82) is 0 Å². The molecule has 2 heterocycles. The lowest BCUT2D eigenvalue weighted by Crippen LogP contribution is -2.21. The molecule has 0 saturated carbocycles. The predicted molar refractivity (Wildman–Crippen MR) is 81.9 cm³/mol. The molecule has 2 aromatic rings. The molecule has 1 aromatic heterocycles. The van der Waals surface area contributed by atoms with E-state index >= 15 is 0 Å². The molecular formula is C15H15N3O2S. The summed E-state index contributed by atoms with van der Waals surface area (Å²) < 4.78 is 0. The minimum absolute atomic E-state index is 0.101. The average Bonchev–Trinajstić information content (AvgIpc) is 2.79. The number of nitrogens with zero attached hydrogens (tertiary/aromatic N) is 1. The number of nitrogens with one attached hydrogen (secondary N) is 2. The van der Waals surface area contributed by atoms with Crippen molar-refractivity contribution in [1.82, 2.24) is 10.3 Å². The van der Waals surface area contributed by atoms with Gasteiger partial charge in [-0.05, 0) is 31.4 Å². The van der Waals surface area contributed by atoms with Crippen molar-refractivity contribution in [2.45, 2.75) is 19.8 Å².